The van der Waals surface area contributed by atoms with Gasteiger partial charge in [-0.05, 0) is 42.5 Å². The van der Waals surface area contributed by atoms with Gasteiger partial charge in [-0.25, -0.2) is 0 Å². The van der Waals surface area contributed by atoms with Crippen LogP contribution in [-0.4, -0.2) is 148 Å². The maximum absolute atomic E-state index is 14.4. The number of H-pyrrole nitrogens is 1. The summed E-state index contributed by atoms with van der Waals surface area (Å²) in [5, 5.41) is 28.9. The van der Waals surface area contributed by atoms with Crippen molar-refractivity contribution in [1.82, 2.24) is 46.7 Å². The third-order valence-corrected chi connectivity index (χ3v) is 12.7. The summed E-state index contributed by atoms with van der Waals surface area (Å²) in [6.45, 7) is 4.05. The van der Waals surface area contributed by atoms with Crippen LogP contribution < -0.4 is 37.2 Å². The van der Waals surface area contributed by atoms with Crippen molar-refractivity contribution in [2.45, 2.75) is 94.2 Å². The van der Waals surface area contributed by atoms with Gasteiger partial charge in [-0.3, -0.25) is 47.9 Å². The fourth-order valence-electron chi connectivity index (χ4n) is 8.14. The Balaban J connectivity index is 1.51. The number of hydrogen-bond donors (Lipinski definition) is 9. The number of rotatable bonds is 6. The largest absolute Gasteiger partial charge is 0.481 e. The Labute approximate surface area is 354 Å². The summed E-state index contributed by atoms with van der Waals surface area (Å²) >= 11 is 1.04. The van der Waals surface area contributed by atoms with E-state index in [1.165, 1.54) is 9.80 Å². The SMILES string of the molecule is CC[C@H](C)[C@@H]1NC(=O)CNC(=O)C2Cc3c([nH]c4ccc(NC=O)cc34)SC[C@H](NC(=O)CNC1=O)C(=O)N[C@@H](CC(=O)O)C(=O)N1CCC[C@H]1C(=O)N[C@@H]1C(=O)N2CC1C. The van der Waals surface area contributed by atoms with E-state index < -0.39 is 121 Å². The number of amides is 9. The average Bonchev–Trinajstić information content (AvgIpc) is 3.92. The van der Waals surface area contributed by atoms with E-state index in [2.05, 4.69) is 42.2 Å². The lowest BCUT2D eigenvalue weighted by molar-refractivity contribution is -0.146. The van der Waals surface area contributed by atoms with Crippen LogP contribution in [0.25, 0.3) is 10.9 Å². The van der Waals surface area contributed by atoms with Crippen molar-refractivity contribution in [3.05, 3.63) is 23.8 Å². The lowest BCUT2D eigenvalue weighted by atomic mass is 9.98. The summed E-state index contributed by atoms with van der Waals surface area (Å²) in [5.74, 6) is -8.71. The minimum Gasteiger partial charge on any atom is -0.481 e. The highest BCUT2D eigenvalue weighted by Crippen LogP contribution is 2.35. The second kappa shape index (κ2) is 19.0. The molecule has 2 unspecified atom stereocenters. The van der Waals surface area contributed by atoms with E-state index in [0.29, 0.717) is 46.4 Å². The summed E-state index contributed by atoms with van der Waals surface area (Å²) in [6.07, 6.45) is 0.439. The first kappa shape index (κ1) is 44.4. The van der Waals surface area contributed by atoms with Gasteiger partial charge in [-0.15, -0.1) is 11.8 Å². The average molecular weight is 867 g/mol. The Morgan fingerprint density at radius 1 is 0.918 bits per heavy atom. The number of carboxylic acids is 1. The second-order valence-electron chi connectivity index (χ2n) is 15.8. The van der Waals surface area contributed by atoms with Gasteiger partial charge in [0.1, 0.15) is 36.3 Å². The van der Waals surface area contributed by atoms with Crippen molar-refractivity contribution < 1.29 is 53.1 Å². The number of nitrogens with one attached hydrogen (secondary N) is 8. The Morgan fingerprint density at radius 2 is 1.64 bits per heavy atom. The quantitative estimate of drug-likeness (QED) is 0.142. The molecule has 2 aromatic rings. The van der Waals surface area contributed by atoms with E-state index in [4.69, 9.17) is 0 Å². The predicted molar refractivity (Wildman–Crippen MR) is 217 cm³/mol. The number of carbonyl (C=O) groups is 10. The minimum atomic E-state index is -1.67. The third-order valence-electron chi connectivity index (χ3n) is 11.6. The van der Waals surface area contributed by atoms with Crippen LogP contribution in [-0.2, 0) is 54.4 Å². The topological polar surface area (TPSA) is 297 Å². The number of carboxylic acid groups (broad SMARTS) is 1. The number of hydrogen-bond acceptors (Lipinski definition) is 11. The molecule has 9 amide bonds. The van der Waals surface area contributed by atoms with Crippen LogP contribution >= 0.6 is 11.8 Å². The number of aromatic amines is 1. The van der Waals surface area contributed by atoms with Gasteiger partial charge in [-0.2, -0.15) is 0 Å². The van der Waals surface area contributed by atoms with Gasteiger partial charge in [0.15, 0.2) is 0 Å². The van der Waals surface area contributed by atoms with E-state index in [0.717, 1.165) is 11.8 Å². The number of fused-ring (bicyclic) bond motifs is 8. The molecule has 4 bridgehead atoms. The van der Waals surface area contributed by atoms with Crippen molar-refractivity contribution >= 4 is 88.0 Å². The first-order valence-electron chi connectivity index (χ1n) is 20.1. The molecule has 328 valence electrons. The van der Waals surface area contributed by atoms with Gasteiger partial charge in [0.25, 0.3) is 0 Å². The number of anilines is 1. The van der Waals surface area contributed by atoms with Gasteiger partial charge in [0.2, 0.25) is 53.7 Å². The molecule has 8 atom stereocenters. The van der Waals surface area contributed by atoms with Gasteiger partial charge in [-0.1, -0.05) is 27.2 Å². The lowest BCUT2D eigenvalue weighted by Crippen LogP contribution is -2.59. The number of aromatic nitrogens is 1. The van der Waals surface area contributed by atoms with Crippen LogP contribution in [0.2, 0.25) is 0 Å². The van der Waals surface area contributed by atoms with Crippen LogP contribution in [0.5, 0.6) is 0 Å². The molecule has 9 N–H and O–H groups in total. The fraction of sp³-hybridized carbons (Fsp3) is 0.538. The highest BCUT2D eigenvalue weighted by Gasteiger charge is 2.47. The van der Waals surface area contributed by atoms with E-state index in [1.807, 2.05) is 0 Å². The van der Waals surface area contributed by atoms with Crippen LogP contribution in [0.3, 0.4) is 0 Å². The van der Waals surface area contributed by atoms with Crippen molar-refractivity contribution in [2.24, 2.45) is 11.8 Å². The van der Waals surface area contributed by atoms with Crippen LogP contribution in [0, 0.1) is 11.8 Å². The summed E-state index contributed by atoms with van der Waals surface area (Å²) in [7, 11) is 0. The molecule has 2 fully saturated rings. The Bertz CT molecular complexity index is 2130. The molecule has 2 saturated heterocycles. The highest BCUT2D eigenvalue weighted by molar-refractivity contribution is 7.99. The fourth-order valence-corrected chi connectivity index (χ4v) is 9.26. The Kier molecular flexibility index (Phi) is 13.8. The normalized spacial score (nSPS) is 27.8. The van der Waals surface area contributed by atoms with E-state index in [-0.39, 0.29) is 31.7 Å². The van der Waals surface area contributed by atoms with E-state index in [9.17, 15) is 53.1 Å². The molecule has 0 saturated carbocycles. The van der Waals surface area contributed by atoms with Crippen LogP contribution in [0.4, 0.5) is 5.69 Å². The summed E-state index contributed by atoms with van der Waals surface area (Å²) in [6, 6.07) is -2.87. The Hall–Kier alpha value is -6.19. The zero-order valence-electron chi connectivity index (χ0n) is 33.8. The molecule has 6 rings (SSSR count). The van der Waals surface area contributed by atoms with Gasteiger partial charge in [0.05, 0.1) is 24.5 Å². The monoisotopic (exact) mass is 866 g/mol. The molecule has 4 aliphatic heterocycles. The van der Waals surface area contributed by atoms with Crippen LogP contribution in [0.15, 0.2) is 23.2 Å². The van der Waals surface area contributed by atoms with Gasteiger partial charge >= 0.3 is 5.97 Å². The summed E-state index contributed by atoms with van der Waals surface area (Å²) < 4.78 is 0. The number of nitrogens with zero attached hydrogens (tertiary/aromatic N) is 2. The predicted octanol–water partition coefficient (Wildman–Crippen LogP) is -2.07. The first-order valence-corrected chi connectivity index (χ1v) is 21.1. The number of benzene rings is 1. The zero-order valence-corrected chi connectivity index (χ0v) is 34.6. The highest BCUT2D eigenvalue weighted by atomic mass is 32.2. The van der Waals surface area contributed by atoms with Gasteiger partial charge < -0.3 is 57.1 Å². The molecule has 1 aromatic heterocycles. The molecule has 61 heavy (non-hydrogen) atoms. The molecular weight excluding hydrogens is 817 g/mol. The van der Waals surface area contributed by atoms with Crippen molar-refractivity contribution in [2.75, 3.05) is 37.2 Å². The van der Waals surface area contributed by atoms with Crippen LogP contribution in [0.1, 0.15) is 52.0 Å². The zero-order chi connectivity index (χ0) is 44.1. The molecular formula is C39H50N10O11S. The van der Waals surface area contributed by atoms with Crippen molar-refractivity contribution in [3.8, 4) is 0 Å². The third kappa shape index (κ3) is 9.90. The Morgan fingerprint density at radius 3 is 2.34 bits per heavy atom. The number of aliphatic carboxylic acids is 1. The number of carbonyl (C=O) groups excluding carboxylic acids is 9. The van der Waals surface area contributed by atoms with Gasteiger partial charge in [0, 0.05) is 47.8 Å². The standard InChI is InChI=1S/C39H50N10O11S/c1-4-18(2)31-36(58)41-13-28(51)43-25-16-61-37-22(21-10-20(42-17-50)7-8-23(21)45-37)11-27(34(56)40-14-29(52)46-31)49-15-19(3)32(39(49)60)47-35(57)26-6-5-9-48(26)38(59)24(12-30(53)54)44-33(25)55/h7-8,10,17-19,24-27,31-32,45H,4-6,9,11-16H2,1-3H3,(H,40,56)(H,41,58)(H,42,50)(H,43,51)(H,44,55)(H,46,52)(H,47,57)(H,53,54)/t18-,19?,24-,25-,26-,27?,31-,32-/m0/s1. The molecule has 0 aliphatic carbocycles. The maximum Gasteiger partial charge on any atom is 0.305 e. The smallest absolute Gasteiger partial charge is 0.305 e. The van der Waals surface area contributed by atoms with E-state index in [1.54, 1.807) is 39.0 Å². The minimum absolute atomic E-state index is 0.00632. The maximum atomic E-state index is 14.4. The molecule has 1 aromatic carbocycles. The second-order valence-corrected chi connectivity index (χ2v) is 16.8. The molecule has 4 aliphatic rings. The molecule has 0 spiro atoms. The van der Waals surface area contributed by atoms with Crippen molar-refractivity contribution in [1.29, 1.82) is 0 Å². The lowest BCUT2D eigenvalue weighted by Gasteiger charge is -2.31. The van der Waals surface area contributed by atoms with E-state index >= 15 is 0 Å². The molecule has 5 heterocycles. The van der Waals surface area contributed by atoms with Crippen molar-refractivity contribution in [3.63, 3.8) is 0 Å². The molecule has 0 radical (unpaired) electrons. The number of thioether (sulfide) groups is 1. The summed E-state index contributed by atoms with van der Waals surface area (Å²) in [4.78, 5) is 141. The first-order chi connectivity index (χ1) is 29.1. The molecule has 22 heteroatoms. The molecule has 21 nitrogen and oxygen atoms in total. The summed E-state index contributed by atoms with van der Waals surface area (Å²) in [5.41, 5.74) is 1.39.